The van der Waals surface area contributed by atoms with E-state index in [1.54, 1.807) is 0 Å². The minimum atomic E-state index is 0.838. The van der Waals surface area contributed by atoms with Crippen LogP contribution in [0.5, 0.6) is 0 Å². The lowest BCUT2D eigenvalue weighted by Gasteiger charge is -2.32. The zero-order valence-electron chi connectivity index (χ0n) is 38.0. The molecule has 0 saturated heterocycles. The summed E-state index contributed by atoms with van der Waals surface area (Å²) in [7, 11) is 0. The van der Waals surface area contributed by atoms with E-state index in [9.17, 15) is 0 Å². The van der Waals surface area contributed by atoms with Crippen LogP contribution in [-0.4, -0.2) is 0 Å². The number of benzene rings is 12. The molecule has 0 bridgehead atoms. The van der Waals surface area contributed by atoms with Crippen LogP contribution in [0.2, 0.25) is 0 Å². The molecule has 2 heterocycles. The van der Waals surface area contributed by atoms with E-state index in [0.717, 1.165) is 133 Å². The average molecular weight is 895 g/mol. The van der Waals surface area contributed by atoms with Crippen LogP contribution in [0.3, 0.4) is 0 Å². The Morgan fingerprint density at radius 3 is 1.24 bits per heavy atom. The highest BCUT2D eigenvalue weighted by atomic mass is 16.3. The van der Waals surface area contributed by atoms with E-state index < -0.39 is 0 Å². The number of furan rings is 2. The molecule has 14 rings (SSSR count). The maximum absolute atomic E-state index is 6.63. The predicted octanol–water partition coefficient (Wildman–Crippen LogP) is 19.2. The number of anilines is 6. The van der Waals surface area contributed by atoms with Crippen LogP contribution < -0.4 is 9.80 Å². The molecule has 0 radical (unpaired) electrons. The van der Waals surface area contributed by atoms with E-state index in [2.05, 4.69) is 252 Å². The number of rotatable bonds is 8. The van der Waals surface area contributed by atoms with Crippen molar-refractivity contribution >= 4 is 110 Å². The van der Waals surface area contributed by atoms with E-state index in [1.165, 1.54) is 0 Å². The van der Waals surface area contributed by atoms with Gasteiger partial charge in [-0.2, -0.15) is 0 Å². The number of para-hydroxylation sites is 2. The summed E-state index contributed by atoms with van der Waals surface area (Å²) in [5.41, 5.74) is 14.1. The van der Waals surface area contributed by atoms with Crippen molar-refractivity contribution in [3.63, 3.8) is 0 Å². The Balaban J connectivity index is 1.15. The molecular weight excluding hydrogens is 853 g/mol. The molecule has 0 aliphatic rings. The van der Waals surface area contributed by atoms with Gasteiger partial charge in [-0.05, 0) is 99.4 Å². The van der Waals surface area contributed by atoms with Gasteiger partial charge < -0.3 is 18.6 Å². The molecule has 4 heteroatoms. The van der Waals surface area contributed by atoms with Gasteiger partial charge in [0.2, 0.25) is 0 Å². The number of hydrogen-bond donors (Lipinski definition) is 0. The third-order valence-corrected chi connectivity index (χ3v) is 14.0. The topological polar surface area (TPSA) is 32.8 Å². The molecule has 4 nitrogen and oxygen atoms in total. The second-order valence-electron chi connectivity index (χ2n) is 17.9. The maximum atomic E-state index is 6.63. The lowest BCUT2D eigenvalue weighted by atomic mass is 9.90. The SMILES string of the molecule is c1ccc(-c2cc3ccc(N(c4cccc5ccccc45)c4cccc5oc6ccccc6c45)c(-c4ccccc4)c3cc2N(c2cccc3ccccc23)c2cccc3oc4ccccc4c23)cc1. The molecule has 0 unspecified atom stereocenters. The molecule has 2 aromatic heterocycles. The summed E-state index contributed by atoms with van der Waals surface area (Å²) in [6.45, 7) is 0. The van der Waals surface area contributed by atoms with Crippen LogP contribution >= 0.6 is 0 Å². The Morgan fingerprint density at radius 1 is 0.243 bits per heavy atom. The Bertz CT molecular complexity index is 4310. The number of fused-ring (bicyclic) bond motifs is 9. The Hall–Kier alpha value is -9.38. The van der Waals surface area contributed by atoms with Gasteiger partial charge in [-0.1, -0.05) is 188 Å². The van der Waals surface area contributed by atoms with Crippen molar-refractivity contribution in [2.24, 2.45) is 0 Å². The maximum Gasteiger partial charge on any atom is 0.137 e. The molecule has 0 aliphatic carbocycles. The highest BCUT2D eigenvalue weighted by Crippen LogP contribution is 2.53. The first kappa shape index (κ1) is 39.8. The molecular formula is C66H42N2O2. The van der Waals surface area contributed by atoms with E-state index in [-0.39, 0.29) is 0 Å². The van der Waals surface area contributed by atoms with E-state index >= 15 is 0 Å². The standard InChI is InChI=1S/C66H42N2O2/c1-3-19-45(20-4-1)52-41-47-39-40-58(67(54-31-15-25-43-21-7-9-27-48(43)54)56-33-17-37-62-65(56)50-29-11-13-35-60(50)69-62)64(46-23-5-2-6-24-46)53(47)42-59(52)68(55-32-16-26-44-22-8-10-28-49(44)55)57-34-18-38-63-66(57)51-30-12-14-36-61(51)70-63/h1-42H. The third kappa shape index (κ3) is 6.31. The normalized spacial score (nSPS) is 11.7. The number of nitrogens with zero attached hydrogens (tertiary/aromatic N) is 2. The van der Waals surface area contributed by atoms with Crippen molar-refractivity contribution in [1.82, 2.24) is 0 Å². The summed E-state index contributed by atoms with van der Waals surface area (Å²) in [6, 6.07) is 91.5. The van der Waals surface area contributed by atoms with Gasteiger partial charge in [-0.3, -0.25) is 0 Å². The summed E-state index contributed by atoms with van der Waals surface area (Å²) in [6.07, 6.45) is 0. The van der Waals surface area contributed by atoms with Crippen LogP contribution in [0.4, 0.5) is 34.1 Å². The zero-order valence-corrected chi connectivity index (χ0v) is 38.0. The molecule has 0 N–H and O–H groups in total. The van der Waals surface area contributed by atoms with Gasteiger partial charge in [-0.15, -0.1) is 0 Å². The molecule has 70 heavy (non-hydrogen) atoms. The molecule has 328 valence electrons. The van der Waals surface area contributed by atoms with E-state index in [0.29, 0.717) is 0 Å². The van der Waals surface area contributed by atoms with Crippen LogP contribution in [0, 0.1) is 0 Å². The Kier molecular flexibility index (Phi) is 9.17. The summed E-state index contributed by atoms with van der Waals surface area (Å²) < 4.78 is 13.2. The minimum absolute atomic E-state index is 0.838. The fraction of sp³-hybridized carbons (Fsp3) is 0. The van der Waals surface area contributed by atoms with Gasteiger partial charge in [0.05, 0.1) is 44.9 Å². The quantitative estimate of drug-likeness (QED) is 0.152. The molecule has 12 aromatic carbocycles. The van der Waals surface area contributed by atoms with Crippen molar-refractivity contribution in [3.8, 4) is 22.3 Å². The molecule has 0 spiro atoms. The fourth-order valence-corrected chi connectivity index (χ4v) is 10.9. The summed E-state index contributed by atoms with van der Waals surface area (Å²) in [5.74, 6) is 0. The lowest BCUT2D eigenvalue weighted by Crippen LogP contribution is -2.14. The molecule has 0 aliphatic heterocycles. The van der Waals surface area contributed by atoms with Gasteiger partial charge in [0.1, 0.15) is 22.3 Å². The smallest absolute Gasteiger partial charge is 0.137 e. The van der Waals surface area contributed by atoms with Crippen molar-refractivity contribution in [2.75, 3.05) is 9.80 Å². The zero-order chi connectivity index (χ0) is 46.1. The van der Waals surface area contributed by atoms with Crippen LogP contribution in [0.15, 0.2) is 264 Å². The van der Waals surface area contributed by atoms with Gasteiger partial charge in [0.25, 0.3) is 0 Å². The van der Waals surface area contributed by atoms with Crippen molar-refractivity contribution < 1.29 is 8.83 Å². The van der Waals surface area contributed by atoms with Gasteiger partial charge in [0, 0.05) is 32.7 Å². The molecule has 0 atom stereocenters. The van der Waals surface area contributed by atoms with Crippen molar-refractivity contribution in [3.05, 3.63) is 255 Å². The summed E-state index contributed by atoms with van der Waals surface area (Å²) >= 11 is 0. The van der Waals surface area contributed by atoms with E-state index in [4.69, 9.17) is 8.83 Å². The highest BCUT2D eigenvalue weighted by Gasteiger charge is 2.28. The van der Waals surface area contributed by atoms with Gasteiger partial charge >= 0.3 is 0 Å². The summed E-state index contributed by atoms with van der Waals surface area (Å²) in [5, 5.41) is 11.1. The third-order valence-electron chi connectivity index (χ3n) is 14.0. The first-order valence-corrected chi connectivity index (χ1v) is 23.8. The molecule has 0 amide bonds. The molecule has 0 fully saturated rings. The predicted molar refractivity (Wildman–Crippen MR) is 294 cm³/mol. The van der Waals surface area contributed by atoms with Crippen LogP contribution in [0.1, 0.15) is 0 Å². The van der Waals surface area contributed by atoms with Crippen LogP contribution in [0.25, 0.3) is 98.4 Å². The first-order valence-electron chi connectivity index (χ1n) is 23.8. The highest BCUT2D eigenvalue weighted by molar-refractivity contribution is 6.19. The average Bonchev–Trinajstić information content (AvgIpc) is 4.01. The monoisotopic (exact) mass is 894 g/mol. The summed E-state index contributed by atoms with van der Waals surface area (Å²) in [4.78, 5) is 4.96. The minimum Gasteiger partial charge on any atom is -0.456 e. The van der Waals surface area contributed by atoms with Crippen LogP contribution in [-0.2, 0) is 0 Å². The largest absolute Gasteiger partial charge is 0.456 e. The van der Waals surface area contributed by atoms with Gasteiger partial charge in [0.15, 0.2) is 0 Å². The van der Waals surface area contributed by atoms with Crippen molar-refractivity contribution in [2.45, 2.75) is 0 Å². The van der Waals surface area contributed by atoms with Gasteiger partial charge in [-0.25, -0.2) is 0 Å². The lowest BCUT2D eigenvalue weighted by molar-refractivity contribution is 0.668. The second kappa shape index (κ2) is 16.2. The first-order chi connectivity index (χ1) is 34.7. The fourth-order valence-electron chi connectivity index (χ4n) is 10.9. The van der Waals surface area contributed by atoms with Crippen molar-refractivity contribution in [1.29, 1.82) is 0 Å². The second-order valence-corrected chi connectivity index (χ2v) is 17.9. The Morgan fingerprint density at radius 2 is 0.671 bits per heavy atom. The Labute approximate surface area is 404 Å². The molecule has 0 saturated carbocycles. The number of hydrogen-bond acceptors (Lipinski definition) is 4. The van der Waals surface area contributed by atoms with E-state index in [1.807, 2.05) is 12.1 Å². The molecule has 14 aromatic rings.